The summed E-state index contributed by atoms with van der Waals surface area (Å²) >= 11 is 6.13. The SMILES string of the molecule is CN(Cc1c(O)cccc1Cl)C1CCCCC1. The fourth-order valence-corrected chi connectivity index (χ4v) is 2.83. The monoisotopic (exact) mass is 253 g/mol. The first-order valence-electron chi connectivity index (χ1n) is 6.35. The van der Waals surface area contributed by atoms with Crippen LogP contribution in [0.4, 0.5) is 0 Å². The minimum atomic E-state index is 0.306. The third kappa shape index (κ3) is 3.14. The Hall–Kier alpha value is -0.730. The molecule has 0 radical (unpaired) electrons. The van der Waals surface area contributed by atoms with Gasteiger partial charge < -0.3 is 5.11 Å². The minimum absolute atomic E-state index is 0.306. The number of phenols is 1. The molecule has 1 N–H and O–H groups in total. The molecule has 94 valence electrons. The lowest BCUT2D eigenvalue weighted by Gasteiger charge is -2.31. The van der Waals surface area contributed by atoms with Crippen LogP contribution in [0.2, 0.25) is 5.02 Å². The summed E-state index contributed by atoms with van der Waals surface area (Å²) in [7, 11) is 2.12. The number of hydrogen-bond donors (Lipinski definition) is 1. The number of hydrogen-bond acceptors (Lipinski definition) is 2. The van der Waals surface area contributed by atoms with Crippen LogP contribution in [0, 0.1) is 0 Å². The molecule has 1 aliphatic carbocycles. The molecular formula is C14H20ClNO. The van der Waals surface area contributed by atoms with E-state index in [9.17, 15) is 5.11 Å². The van der Waals surface area contributed by atoms with Gasteiger partial charge in [-0.15, -0.1) is 0 Å². The van der Waals surface area contributed by atoms with Gasteiger partial charge in [0.15, 0.2) is 0 Å². The first-order chi connectivity index (χ1) is 8.18. The summed E-state index contributed by atoms with van der Waals surface area (Å²) in [5.41, 5.74) is 0.849. The standard InChI is InChI=1S/C14H20ClNO/c1-16(11-6-3-2-4-7-11)10-12-13(15)8-5-9-14(12)17/h5,8-9,11,17H,2-4,6-7,10H2,1H3. The summed E-state index contributed by atoms with van der Waals surface area (Å²) < 4.78 is 0. The zero-order valence-electron chi connectivity index (χ0n) is 10.3. The first kappa shape index (κ1) is 12.7. The van der Waals surface area contributed by atoms with Gasteiger partial charge in [0.2, 0.25) is 0 Å². The number of benzene rings is 1. The van der Waals surface area contributed by atoms with E-state index < -0.39 is 0 Å². The van der Waals surface area contributed by atoms with E-state index in [1.807, 2.05) is 6.07 Å². The predicted octanol–water partition coefficient (Wildman–Crippen LogP) is 3.81. The Morgan fingerprint density at radius 1 is 1.29 bits per heavy atom. The molecule has 0 aliphatic heterocycles. The second-order valence-corrected chi connectivity index (χ2v) is 5.35. The van der Waals surface area contributed by atoms with Gasteiger partial charge in [-0.25, -0.2) is 0 Å². The third-order valence-corrected chi connectivity index (χ3v) is 4.05. The Labute approximate surface area is 108 Å². The van der Waals surface area contributed by atoms with Gasteiger partial charge in [0, 0.05) is 23.2 Å². The highest BCUT2D eigenvalue weighted by Gasteiger charge is 2.19. The molecule has 0 spiro atoms. The molecule has 0 unspecified atom stereocenters. The molecular weight excluding hydrogens is 234 g/mol. The quantitative estimate of drug-likeness (QED) is 0.886. The van der Waals surface area contributed by atoms with Crippen LogP contribution in [-0.4, -0.2) is 23.1 Å². The first-order valence-corrected chi connectivity index (χ1v) is 6.73. The van der Waals surface area contributed by atoms with Crippen LogP contribution in [0.25, 0.3) is 0 Å². The highest BCUT2D eigenvalue weighted by molar-refractivity contribution is 6.31. The van der Waals surface area contributed by atoms with Crippen molar-refractivity contribution in [2.24, 2.45) is 0 Å². The largest absolute Gasteiger partial charge is 0.508 e. The van der Waals surface area contributed by atoms with Crippen molar-refractivity contribution in [3.63, 3.8) is 0 Å². The summed E-state index contributed by atoms with van der Waals surface area (Å²) in [5, 5.41) is 10.5. The van der Waals surface area contributed by atoms with Crippen molar-refractivity contribution in [2.45, 2.75) is 44.7 Å². The summed E-state index contributed by atoms with van der Waals surface area (Å²) in [6.07, 6.45) is 6.54. The number of phenolic OH excluding ortho intramolecular Hbond substituents is 1. The molecule has 0 atom stereocenters. The fourth-order valence-electron chi connectivity index (χ4n) is 2.60. The van der Waals surface area contributed by atoms with Crippen molar-refractivity contribution in [1.29, 1.82) is 0 Å². The van der Waals surface area contributed by atoms with E-state index in [0.29, 0.717) is 16.8 Å². The zero-order chi connectivity index (χ0) is 12.3. The Bertz CT molecular complexity index is 354. The molecule has 0 bridgehead atoms. The summed E-state index contributed by atoms with van der Waals surface area (Å²) in [4.78, 5) is 2.32. The van der Waals surface area contributed by atoms with E-state index in [4.69, 9.17) is 11.6 Å². The van der Waals surface area contributed by atoms with E-state index in [2.05, 4.69) is 11.9 Å². The van der Waals surface area contributed by atoms with Crippen LogP contribution in [-0.2, 0) is 6.54 Å². The van der Waals surface area contributed by atoms with E-state index >= 15 is 0 Å². The van der Waals surface area contributed by atoms with Gasteiger partial charge in [0.1, 0.15) is 5.75 Å². The Balaban J connectivity index is 2.04. The molecule has 2 nitrogen and oxygen atoms in total. The molecule has 2 rings (SSSR count). The summed E-state index contributed by atoms with van der Waals surface area (Å²) in [5.74, 6) is 0.306. The van der Waals surface area contributed by atoms with Gasteiger partial charge in [-0.2, -0.15) is 0 Å². The average Bonchev–Trinajstić information content (AvgIpc) is 2.35. The van der Waals surface area contributed by atoms with Crippen LogP contribution in [0.15, 0.2) is 18.2 Å². The molecule has 0 aromatic heterocycles. The lowest BCUT2D eigenvalue weighted by molar-refractivity contribution is 0.183. The van der Waals surface area contributed by atoms with Crippen molar-refractivity contribution in [2.75, 3.05) is 7.05 Å². The minimum Gasteiger partial charge on any atom is -0.508 e. The Morgan fingerprint density at radius 2 is 2.00 bits per heavy atom. The fraction of sp³-hybridized carbons (Fsp3) is 0.571. The van der Waals surface area contributed by atoms with Crippen molar-refractivity contribution in [1.82, 2.24) is 4.90 Å². The third-order valence-electron chi connectivity index (χ3n) is 3.70. The molecule has 3 heteroatoms. The number of halogens is 1. The number of rotatable bonds is 3. The molecule has 17 heavy (non-hydrogen) atoms. The van der Waals surface area contributed by atoms with Crippen LogP contribution >= 0.6 is 11.6 Å². The highest BCUT2D eigenvalue weighted by Crippen LogP contribution is 2.29. The van der Waals surface area contributed by atoms with E-state index in [1.165, 1.54) is 32.1 Å². The van der Waals surface area contributed by atoms with E-state index in [1.54, 1.807) is 12.1 Å². The summed E-state index contributed by atoms with van der Waals surface area (Å²) in [6.45, 7) is 0.732. The van der Waals surface area contributed by atoms with Gasteiger partial charge >= 0.3 is 0 Å². The maximum Gasteiger partial charge on any atom is 0.121 e. The lowest BCUT2D eigenvalue weighted by atomic mass is 9.94. The molecule has 1 aromatic carbocycles. The Morgan fingerprint density at radius 3 is 2.65 bits per heavy atom. The molecule has 1 saturated carbocycles. The van der Waals surface area contributed by atoms with Crippen molar-refractivity contribution in [3.8, 4) is 5.75 Å². The maximum absolute atomic E-state index is 9.83. The average molecular weight is 254 g/mol. The van der Waals surface area contributed by atoms with Crippen molar-refractivity contribution in [3.05, 3.63) is 28.8 Å². The van der Waals surface area contributed by atoms with Crippen LogP contribution in [0.5, 0.6) is 5.75 Å². The highest BCUT2D eigenvalue weighted by atomic mass is 35.5. The molecule has 0 saturated heterocycles. The van der Waals surface area contributed by atoms with Gasteiger partial charge in [-0.1, -0.05) is 36.9 Å². The topological polar surface area (TPSA) is 23.5 Å². The number of nitrogens with zero attached hydrogens (tertiary/aromatic N) is 1. The van der Waals surface area contributed by atoms with Gasteiger partial charge in [0.25, 0.3) is 0 Å². The van der Waals surface area contributed by atoms with Crippen LogP contribution < -0.4 is 0 Å². The zero-order valence-corrected chi connectivity index (χ0v) is 11.1. The van der Waals surface area contributed by atoms with Crippen molar-refractivity contribution < 1.29 is 5.11 Å². The second-order valence-electron chi connectivity index (χ2n) is 4.94. The lowest BCUT2D eigenvalue weighted by Crippen LogP contribution is -2.32. The van der Waals surface area contributed by atoms with Crippen LogP contribution in [0.1, 0.15) is 37.7 Å². The Kier molecular flexibility index (Phi) is 4.30. The number of aromatic hydroxyl groups is 1. The molecule has 1 aromatic rings. The van der Waals surface area contributed by atoms with Crippen molar-refractivity contribution >= 4 is 11.6 Å². The smallest absolute Gasteiger partial charge is 0.121 e. The van der Waals surface area contributed by atoms with Gasteiger partial charge in [-0.3, -0.25) is 4.90 Å². The molecule has 0 heterocycles. The molecule has 1 fully saturated rings. The van der Waals surface area contributed by atoms with E-state index in [-0.39, 0.29) is 0 Å². The molecule has 1 aliphatic rings. The van der Waals surface area contributed by atoms with E-state index in [0.717, 1.165) is 12.1 Å². The predicted molar refractivity (Wildman–Crippen MR) is 71.5 cm³/mol. The normalized spacial score (nSPS) is 17.6. The summed E-state index contributed by atoms with van der Waals surface area (Å²) in [6, 6.07) is 5.96. The maximum atomic E-state index is 9.83. The molecule has 0 amide bonds. The van der Waals surface area contributed by atoms with Gasteiger partial charge in [0.05, 0.1) is 0 Å². The van der Waals surface area contributed by atoms with Gasteiger partial charge in [-0.05, 0) is 32.0 Å². The second kappa shape index (κ2) is 5.74. The van der Waals surface area contributed by atoms with Crippen LogP contribution in [0.3, 0.4) is 0 Å².